The van der Waals surface area contributed by atoms with E-state index < -0.39 is 0 Å². The summed E-state index contributed by atoms with van der Waals surface area (Å²) in [7, 11) is 3.12. The fraction of sp³-hybridized carbons (Fsp3) is 0.435. The molecule has 0 aliphatic carbocycles. The van der Waals surface area contributed by atoms with Gasteiger partial charge in [0.15, 0.2) is 11.5 Å². The van der Waals surface area contributed by atoms with E-state index in [1.54, 1.807) is 26.4 Å². The van der Waals surface area contributed by atoms with Gasteiger partial charge in [0.25, 0.3) is 5.91 Å². The van der Waals surface area contributed by atoms with Gasteiger partial charge in [0.05, 0.1) is 14.2 Å². The molecule has 0 bridgehead atoms. The number of ether oxygens (including phenoxy) is 3. The number of nitrogens with two attached hydrogens (primary N) is 1. The first-order valence-corrected chi connectivity index (χ1v) is 10.0. The van der Waals surface area contributed by atoms with Crippen LogP contribution in [0.15, 0.2) is 42.5 Å². The molecule has 2 N–H and O–H groups in total. The molecule has 0 aromatic heterocycles. The summed E-state index contributed by atoms with van der Waals surface area (Å²) in [6.45, 7) is 3.83. The van der Waals surface area contributed by atoms with Gasteiger partial charge in [-0.1, -0.05) is 30.3 Å². The van der Waals surface area contributed by atoms with Crippen molar-refractivity contribution in [3.05, 3.63) is 53.6 Å². The lowest BCUT2D eigenvalue weighted by Gasteiger charge is -2.34. The van der Waals surface area contributed by atoms with Crippen LogP contribution in [-0.2, 0) is 6.61 Å². The van der Waals surface area contributed by atoms with Gasteiger partial charge in [0.2, 0.25) is 5.75 Å². The zero-order valence-corrected chi connectivity index (χ0v) is 18.6. The molecule has 30 heavy (non-hydrogen) atoms. The highest BCUT2D eigenvalue weighted by Crippen LogP contribution is 2.39. The van der Waals surface area contributed by atoms with Crippen LogP contribution in [0.25, 0.3) is 0 Å². The van der Waals surface area contributed by atoms with Gasteiger partial charge in [-0.05, 0) is 43.4 Å². The van der Waals surface area contributed by atoms with Crippen molar-refractivity contribution in [2.24, 2.45) is 11.7 Å². The fourth-order valence-electron chi connectivity index (χ4n) is 3.69. The average molecular weight is 435 g/mol. The van der Waals surface area contributed by atoms with Crippen LogP contribution in [0.4, 0.5) is 0 Å². The van der Waals surface area contributed by atoms with Crippen LogP contribution >= 0.6 is 12.4 Å². The molecule has 1 aliphatic heterocycles. The Balaban J connectivity index is 0.00000320. The maximum Gasteiger partial charge on any atom is 0.254 e. The van der Waals surface area contributed by atoms with E-state index in [1.807, 2.05) is 42.2 Å². The molecule has 1 heterocycles. The number of halogens is 1. The molecule has 1 amide bonds. The number of carbonyl (C=O) groups excluding carboxylic acids is 1. The number of nitrogens with zero attached hydrogens (tertiary/aromatic N) is 1. The molecule has 1 saturated heterocycles. The minimum absolute atomic E-state index is 0. The number of methoxy groups -OCH3 is 2. The van der Waals surface area contributed by atoms with E-state index in [0.717, 1.165) is 18.4 Å². The second-order valence-electron chi connectivity index (χ2n) is 7.47. The number of rotatable bonds is 7. The van der Waals surface area contributed by atoms with E-state index in [-0.39, 0.29) is 24.4 Å². The van der Waals surface area contributed by atoms with Crippen LogP contribution in [0.5, 0.6) is 17.2 Å². The molecular weight excluding hydrogens is 404 g/mol. The first kappa shape index (κ1) is 23.8. The molecular formula is C23H31ClN2O4. The van der Waals surface area contributed by atoms with E-state index >= 15 is 0 Å². The molecule has 2 aromatic carbocycles. The van der Waals surface area contributed by atoms with Crippen LogP contribution in [-0.4, -0.2) is 44.2 Å². The van der Waals surface area contributed by atoms with E-state index in [2.05, 4.69) is 0 Å². The van der Waals surface area contributed by atoms with Crippen LogP contribution in [0, 0.1) is 5.92 Å². The van der Waals surface area contributed by atoms with Gasteiger partial charge in [0, 0.05) is 24.7 Å². The standard InChI is InChI=1S/C23H30N2O4.ClH/c1-16(24)18-9-11-25(12-10-18)23(26)19-13-20(27-2)22(21(14-19)28-3)29-15-17-7-5-4-6-8-17;/h4-8,13-14,16,18H,9-12,15,24H2,1-3H3;1H. The normalized spacial score (nSPS) is 15.1. The van der Waals surface area contributed by atoms with Crippen molar-refractivity contribution in [1.82, 2.24) is 4.90 Å². The highest BCUT2D eigenvalue weighted by atomic mass is 35.5. The zero-order valence-electron chi connectivity index (χ0n) is 17.8. The molecule has 1 aliphatic rings. The Hall–Kier alpha value is -2.44. The summed E-state index contributed by atoms with van der Waals surface area (Å²) in [5, 5.41) is 0. The van der Waals surface area contributed by atoms with Gasteiger partial charge in [-0.3, -0.25) is 4.79 Å². The molecule has 1 atom stereocenters. The van der Waals surface area contributed by atoms with Gasteiger partial charge in [-0.2, -0.15) is 0 Å². The lowest BCUT2D eigenvalue weighted by Crippen LogP contribution is -2.42. The summed E-state index contributed by atoms with van der Waals surface area (Å²) in [5.41, 5.74) is 7.58. The Morgan fingerprint density at radius 1 is 1.10 bits per heavy atom. The van der Waals surface area contributed by atoms with E-state index in [9.17, 15) is 4.79 Å². The highest BCUT2D eigenvalue weighted by molar-refractivity contribution is 5.95. The minimum atomic E-state index is -0.0284. The number of carbonyl (C=O) groups is 1. The summed E-state index contributed by atoms with van der Waals surface area (Å²) in [6.07, 6.45) is 1.85. The van der Waals surface area contributed by atoms with Gasteiger partial charge in [0.1, 0.15) is 6.61 Å². The van der Waals surface area contributed by atoms with Crippen LogP contribution < -0.4 is 19.9 Å². The van der Waals surface area contributed by atoms with E-state index in [4.69, 9.17) is 19.9 Å². The number of hydrogen-bond acceptors (Lipinski definition) is 5. The monoisotopic (exact) mass is 434 g/mol. The molecule has 1 fully saturated rings. The molecule has 0 spiro atoms. The number of piperidine rings is 1. The minimum Gasteiger partial charge on any atom is -0.493 e. The fourth-order valence-corrected chi connectivity index (χ4v) is 3.69. The number of amides is 1. The Kier molecular flexibility index (Phi) is 8.81. The first-order valence-electron chi connectivity index (χ1n) is 10.0. The van der Waals surface area contributed by atoms with Crippen molar-refractivity contribution in [2.45, 2.75) is 32.4 Å². The van der Waals surface area contributed by atoms with Crippen molar-refractivity contribution < 1.29 is 19.0 Å². The molecule has 6 nitrogen and oxygen atoms in total. The highest BCUT2D eigenvalue weighted by Gasteiger charge is 2.27. The maximum absolute atomic E-state index is 13.0. The van der Waals surface area contributed by atoms with Gasteiger partial charge in [-0.15, -0.1) is 12.4 Å². The molecule has 0 saturated carbocycles. The topological polar surface area (TPSA) is 74.0 Å². The summed E-state index contributed by atoms with van der Waals surface area (Å²) in [5.74, 6) is 1.89. The van der Waals surface area contributed by atoms with Gasteiger partial charge in [-0.25, -0.2) is 0 Å². The molecule has 3 rings (SSSR count). The Morgan fingerprint density at radius 2 is 1.67 bits per heavy atom. The third-order valence-electron chi connectivity index (χ3n) is 5.50. The van der Waals surface area contributed by atoms with Crippen LogP contribution in [0.2, 0.25) is 0 Å². The van der Waals surface area contributed by atoms with Crippen molar-refractivity contribution >= 4 is 18.3 Å². The van der Waals surface area contributed by atoms with Crippen LogP contribution in [0.1, 0.15) is 35.7 Å². The van der Waals surface area contributed by atoms with Crippen molar-refractivity contribution in [1.29, 1.82) is 0 Å². The lowest BCUT2D eigenvalue weighted by atomic mass is 9.90. The smallest absolute Gasteiger partial charge is 0.254 e. The SMILES string of the molecule is COc1cc(C(=O)N2CCC(C(C)N)CC2)cc(OC)c1OCc1ccccc1.Cl. The zero-order chi connectivity index (χ0) is 20.8. The third kappa shape index (κ3) is 5.58. The quantitative estimate of drug-likeness (QED) is 0.715. The maximum atomic E-state index is 13.0. The third-order valence-corrected chi connectivity index (χ3v) is 5.50. The summed E-state index contributed by atoms with van der Waals surface area (Å²) in [6, 6.07) is 13.5. The Labute approximate surface area is 184 Å². The predicted molar refractivity (Wildman–Crippen MR) is 120 cm³/mol. The average Bonchev–Trinajstić information content (AvgIpc) is 2.77. The number of hydrogen-bond donors (Lipinski definition) is 1. The first-order chi connectivity index (χ1) is 14.0. The summed E-state index contributed by atoms with van der Waals surface area (Å²) < 4.78 is 17.0. The molecule has 1 unspecified atom stereocenters. The second-order valence-corrected chi connectivity index (χ2v) is 7.47. The Morgan fingerprint density at radius 3 is 2.17 bits per heavy atom. The Bertz CT molecular complexity index is 796. The predicted octanol–water partition coefficient (Wildman–Crippen LogP) is 3.90. The molecule has 2 aromatic rings. The van der Waals surface area contributed by atoms with Gasteiger partial charge >= 0.3 is 0 Å². The molecule has 7 heteroatoms. The van der Waals surface area contributed by atoms with Crippen molar-refractivity contribution in [2.75, 3.05) is 27.3 Å². The summed E-state index contributed by atoms with van der Waals surface area (Å²) in [4.78, 5) is 14.9. The van der Waals surface area contributed by atoms with Crippen molar-refractivity contribution in [3.8, 4) is 17.2 Å². The second kappa shape index (κ2) is 11.1. The largest absolute Gasteiger partial charge is 0.493 e. The summed E-state index contributed by atoms with van der Waals surface area (Å²) >= 11 is 0. The van der Waals surface area contributed by atoms with E-state index in [1.165, 1.54) is 0 Å². The number of benzene rings is 2. The van der Waals surface area contributed by atoms with Gasteiger partial charge < -0.3 is 24.8 Å². The van der Waals surface area contributed by atoms with Crippen molar-refractivity contribution in [3.63, 3.8) is 0 Å². The molecule has 164 valence electrons. The lowest BCUT2D eigenvalue weighted by molar-refractivity contribution is 0.0680. The van der Waals surface area contributed by atoms with E-state index in [0.29, 0.717) is 48.4 Å². The molecule has 0 radical (unpaired) electrons. The van der Waals surface area contributed by atoms with Crippen LogP contribution in [0.3, 0.4) is 0 Å². The number of likely N-dealkylation sites (tertiary alicyclic amines) is 1.